The Labute approximate surface area is 196 Å². The van der Waals surface area contributed by atoms with E-state index >= 15 is 0 Å². The van der Waals surface area contributed by atoms with Crippen LogP contribution in [0, 0.1) is 18.8 Å². The van der Waals surface area contributed by atoms with Gasteiger partial charge in [0, 0.05) is 30.2 Å². The van der Waals surface area contributed by atoms with Crippen LogP contribution >= 0.6 is 0 Å². The van der Waals surface area contributed by atoms with Gasteiger partial charge in [0.05, 0.1) is 18.6 Å². The minimum Gasteiger partial charge on any atom is -0.354 e. The molecule has 0 atom stereocenters. The van der Waals surface area contributed by atoms with E-state index in [1.54, 1.807) is 18.5 Å². The normalized spacial score (nSPS) is 11.6. The van der Waals surface area contributed by atoms with E-state index < -0.39 is 16.8 Å². The largest absolute Gasteiger partial charge is 0.354 e. The van der Waals surface area contributed by atoms with Gasteiger partial charge in [0.1, 0.15) is 5.82 Å². The molecule has 3 N–H and O–H groups in total. The van der Waals surface area contributed by atoms with Crippen LogP contribution in [0.4, 0.5) is 5.95 Å². The van der Waals surface area contributed by atoms with E-state index in [4.69, 9.17) is 5.73 Å². The van der Waals surface area contributed by atoms with Gasteiger partial charge in [-0.15, -0.1) is 5.92 Å². The molecule has 0 spiro atoms. The van der Waals surface area contributed by atoms with Crippen LogP contribution in [0.15, 0.2) is 33.9 Å². The summed E-state index contributed by atoms with van der Waals surface area (Å²) in [4.78, 5) is 40.4. The first-order valence-electron chi connectivity index (χ1n) is 11.0. The summed E-state index contributed by atoms with van der Waals surface area (Å²) in [6.07, 6.45) is 0. The van der Waals surface area contributed by atoms with Crippen molar-refractivity contribution in [1.82, 2.24) is 28.7 Å². The molecule has 0 bridgehead atoms. The maximum Gasteiger partial charge on any atom is 0.332 e. The van der Waals surface area contributed by atoms with Crippen molar-refractivity contribution in [1.29, 1.82) is 0 Å². The molecule has 4 aromatic rings. The van der Waals surface area contributed by atoms with E-state index in [2.05, 4.69) is 32.1 Å². The van der Waals surface area contributed by atoms with Gasteiger partial charge in [0.2, 0.25) is 5.95 Å². The zero-order valence-electron chi connectivity index (χ0n) is 20.0. The molecule has 34 heavy (non-hydrogen) atoms. The Morgan fingerprint density at radius 3 is 2.56 bits per heavy atom. The van der Waals surface area contributed by atoms with Crippen LogP contribution in [0.2, 0.25) is 0 Å². The molecule has 0 saturated heterocycles. The number of aryl methyl sites for hydroxylation is 2. The van der Waals surface area contributed by atoms with Crippen molar-refractivity contribution in [2.75, 3.05) is 11.9 Å². The number of nitrogens with zero attached hydrogens (tertiary/aromatic N) is 6. The van der Waals surface area contributed by atoms with Crippen LogP contribution in [-0.2, 0) is 20.1 Å². The van der Waals surface area contributed by atoms with E-state index in [0.717, 1.165) is 21.2 Å². The quantitative estimate of drug-likeness (QED) is 0.416. The summed E-state index contributed by atoms with van der Waals surface area (Å²) in [6, 6.07) is 7.63. The molecule has 0 aliphatic rings. The predicted molar refractivity (Wildman–Crippen MR) is 133 cm³/mol. The van der Waals surface area contributed by atoms with Gasteiger partial charge in [-0.3, -0.25) is 18.5 Å². The number of rotatable bonds is 6. The van der Waals surface area contributed by atoms with Gasteiger partial charge in [0.25, 0.3) is 5.56 Å². The highest BCUT2D eigenvalue weighted by Gasteiger charge is 2.22. The molecule has 3 heterocycles. The monoisotopic (exact) mass is 460 g/mol. The highest BCUT2D eigenvalue weighted by Crippen LogP contribution is 2.17. The number of aromatic nitrogens is 6. The lowest BCUT2D eigenvalue weighted by atomic mass is 10.1. The molecular formula is C24H28N8O2. The number of imidazole rings is 1. The van der Waals surface area contributed by atoms with Crippen molar-refractivity contribution in [3.05, 3.63) is 56.6 Å². The fourth-order valence-electron chi connectivity index (χ4n) is 3.77. The van der Waals surface area contributed by atoms with Gasteiger partial charge in [-0.2, -0.15) is 4.98 Å². The Morgan fingerprint density at radius 2 is 1.85 bits per heavy atom. The first-order valence-corrected chi connectivity index (χ1v) is 11.0. The third-order valence-electron chi connectivity index (χ3n) is 5.49. The first-order chi connectivity index (χ1) is 16.1. The SMILES string of the molecule is CC#CCn1c(NCC(C)(C)N)nc2c1c(=O)n(Cc1nc(C)c3ccccc3n1)c(=O)n2C. The maximum absolute atomic E-state index is 13.6. The fourth-order valence-corrected chi connectivity index (χ4v) is 3.77. The summed E-state index contributed by atoms with van der Waals surface area (Å²) < 4.78 is 4.18. The van der Waals surface area contributed by atoms with E-state index in [1.165, 1.54) is 4.57 Å². The van der Waals surface area contributed by atoms with E-state index in [1.807, 2.05) is 45.0 Å². The number of benzene rings is 1. The van der Waals surface area contributed by atoms with Gasteiger partial charge in [-0.1, -0.05) is 24.1 Å². The Bertz CT molecular complexity index is 1580. The molecule has 0 aliphatic carbocycles. The zero-order valence-corrected chi connectivity index (χ0v) is 20.0. The van der Waals surface area contributed by atoms with Gasteiger partial charge in [-0.25, -0.2) is 14.8 Å². The number of hydrogen-bond acceptors (Lipinski definition) is 7. The minimum absolute atomic E-state index is 0.0592. The molecular weight excluding hydrogens is 432 g/mol. The van der Waals surface area contributed by atoms with E-state index in [0.29, 0.717) is 18.3 Å². The summed E-state index contributed by atoms with van der Waals surface area (Å²) in [5.74, 6) is 6.64. The Morgan fingerprint density at radius 1 is 1.12 bits per heavy atom. The minimum atomic E-state index is -0.503. The summed E-state index contributed by atoms with van der Waals surface area (Å²) in [5.41, 5.74) is 6.73. The van der Waals surface area contributed by atoms with E-state index in [9.17, 15) is 9.59 Å². The van der Waals surface area contributed by atoms with Crippen LogP contribution < -0.4 is 22.3 Å². The first kappa shape index (κ1) is 23.2. The van der Waals surface area contributed by atoms with Crippen LogP contribution in [0.5, 0.6) is 0 Å². The Hall–Kier alpha value is -3.97. The van der Waals surface area contributed by atoms with Crippen LogP contribution in [0.1, 0.15) is 32.3 Å². The highest BCUT2D eigenvalue weighted by atomic mass is 16.2. The van der Waals surface area contributed by atoms with Crippen molar-refractivity contribution in [2.45, 2.75) is 46.3 Å². The highest BCUT2D eigenvalue weighted by molar-refractivity contribution is 5.80. The second kappa shape index (κ2) is 8.76. The molecule has 10 nitrogen and oxygen atoms in total. The van der Waals surface area contributed by atoms with Crippen LogP contribution in [-0.4, -0.2) is 40.7 Å². The fraction of sp³-hybridized carbons (Fsp3) is 0.375. The molecule has 0 aliphatic heterocycles. The third-order valence-corrected chi connectivity index (χ3v) is 5.49. The molecule has 1 aromatic carbocycles. The molecule has 10 heteroatoms. The number of nitrogens with two attached hydrogens (primary N) is 1. The van der Waals surface area contributed by atoms with Gasteiger partial charge < -0.3 is 11.1 Å². The lowest BCUT2D eigenvalue weighted by Crippen LogP contribution is -2.40. The second-order valence-electron chi connectivity index (χ2n) is 8.94. The van der Waals surface area contributed by atoms with Crippen molar-refractivity contribution in [2.24, 2.45) is 12.8 Å². The van der Waals surface area contributed by atoms with Gasteiger partial charge >= 0.3 is 5.69 Å². The van der Waals surface area contributed by atoms with E-state index in [-0.39, 0.29) is 24.3 Å². The van der Waals surface area contributed by atoms with Gasteiger partial charge in [0.15, 0.2) is 11.2 Å². The van der Waals surface area contributed by atoms with Crippen molar-refractivity contribution < 1.29 is 0 Å². The summed E-state index contributed by atoms with van der Waals surface area (Å²) in [5, 5.41) is 4.12. The number of nitrogens with one attached hydrogen (secondary N) is 1. The van der Waals surface area contributed by atoms with Crippen molar-refractivity contribution in [3.63, 3.8) is 0 Å². The molecule has 0 amide bonds. The predicted octanol–water partition coefficient (Wildman–Crippen LogP) is 1.37. The molecule has 3 aromatic heterocycles. The standard InChI is InChI=1S/C24H28N8O2/c1-6-7-12-31-19-20(29-22(31)26-14-24(3,4)25)30(5)23(34)32(21(19)33)13-18-27-15(2)16-10-8-9-11-17(16)28-18/h8-11H,12-14,25H2,1-5H3,(H,26,29). The zero-order chi connectivity index (χ0) is 24.6. The number of hydrogen-bond donors (Lipinski definition) is 2. The topological polar surface area (TPSA) is 126 Å². The summed E-state index contributed by atoms with van der Waals surface area (Å²) in [6.45, 7) is 7.97. The third kappa shape index (κ3) is 4.30. The lowest BCUT2D eigenvalue weighted by Gasteiger charge is -2.19. The Kier molecular flexibility index (Phi) is 5.98. The molecule has 176 valence electrons. The second-order valence-corrected chi connectivity index (χ2v) is 8.94. The van der Waals surface area contributed by atoms with Crippen LogP contribution in [0.25, 0.3) is 22.1 Å². The average Bonchev–Trinajstić information content (AvgIpc) is 3.16. The smallest absolute Gasteiger partial charge is 0.332 e. The maximum atomic E-state index is 13.6. The molecule has 0 unspecified atom stereocenters. The molecule has 0 radical (unpaired) electrons. The molecule has 0 fully saturated rings. The summed E-state index contributed by atoms with van der Waals surface area (Å²) in [7, 11) is 1.59. The van der Waals surface area contributed by atoms with Crippen molar-refractivity contribution in [3.8, 4) is 11.8 Å². The average molecular weight is 461 g/mol. The van der Waals surface area contributed by atoms with Crippen molar-refractivity contribution >= 4 is 28.0 Å². The molecule has 4 rings (SSSR count). The summed E-state index contributed by atoms with van der Waals surface area (Å²) >= 11 is 0. The van der Waals surface area contributed by atoms with Crippen LogP contribution in [0.3, 0.4) is 0 Å². The van der Waals surface area contributed by atoms with Gasteiger partial charge in [-0.05, 0) is 33.8 Å². The number of para-hydroxylation sites is 1. The Balaban J connectivity index is 1.89. The molecule has 0 saturated carbocycles. The number of anilines is 1. The number of fused-ring (bicyclic) bond motifs is 2. The lowest BCUT2D eigenvalue weighted by molar-refractivity contribution is 0.546.